The van der Waals surface area contributed by atoms with Crippen LogP contribution in [0.2, 0.25) is 0 Å². The molecule has 7 nitrogen and oxygen atoms in total. The molecule has 0 saturated carbocycles. The van der Waals surface area contributed by atoms with E-state index in [1.54, 1.807) is 11.3 Å². The summed E-state index contributed by atoms with van der Waals surface area (Å²) < 4.78 is 1.89. The van der Waals surface area contributed by atoms with Gasteiger partial charge in [-0.25, -0.2) is 14.3 Å². The van der Waals surface area contributed by atoms with Crippen molar-refractivity contribution in [3.05, 3.63) is 11.9 Å². The number of amides is 2. The summed E-state index contributed by atoms with van der Waals surface area (Å²) in [6, 6.07) is 0.686. The van der Waals surface area contributed by atoms with E-state index in [1.807, 2.05) is 31.5 Å². The van der Waals surface area contributed by atoms with Gasteiger partial charge in [0.25, 0.3) is 0 Å². The predicted octanol–water partition coefficient (Wildman–Crippen LogP) is 3.68. The first kappa shape index (κ1) is 19.5. The molecule has 1 atom stereocenters. The largest absolute Gasteiger partial charge is 0.347 e. The molecule has 0 bridgehead atoms. The van der Waals surface area contributed by atoms with Gasteiger partial charge >= 0.3 is 6.03 Å². The fourth-order valence-corrected chi connectivity index (χ4v) is 5.59. The summed E-state index contributed by atoms with van der Waals surface area (Å²) >= 11 is 1.67. The first-order chi connectivity index (χ1) is 13.5. The maximum atomic E-state index is 12.8. The molecular weight excluding hydrogens is 372 g/mol. The third kappa shape index (κ3) is 4.11. The Balaban J connectivity index is 1.41. The number of aryl methyl sites for hydroxylation is 1. The van der Waals surface area contributed by atoms with Gasteiger partial charge in [-0.05, 0) is 52.4 Å². The topological polar surface area (TPSA) is 65.8 Å². The van der Waals surface area contributed by atoms with Crippen LogP contribution in [0.4, 0.5) is 9.93 Å². The molecule has 28 heavy (non-hydrogen) atoms. The lowest BCUT2D eigenvalue weighted by Crippen LogP contribution is -2.52. The van der Waals surface area contributed by atoms with Crippen molar-refractivity contribution >= 4 is 27.5 Å². The number of hydrogen-bond donors (Lipinski definition) is 1. The van der Waals surface area contributed by atoms with Gasteiger partial charge in [0.15, 0.2) is 0 Å². The quantitative estimate of drug-likeness (QED) is 0.847. The molecule has 1 N–H and O–H groups in total. The Hall–Kier alpha value is -1.83. The molecule has 2 aliphatic rings. The smallest absolute Gasteiger partial charge is 0.317 e. The number of nitrogens with one attached hydrogen (secondary N) is 1. The zero-order valence-electron chi connectivity index (χ0n) is 17.2. The highest BCUT2D eigenvalue weighted by atomic mass is 32.1. The van der Waals surface area contributed by atoms with Crippen LogP contribution in [-0.2, 0) is 0 Å². The number of nitrogens with zero attached hydrogens (tertiary/aromatic N) is 5. The summed E-state index contributed by atoms with van der Waals surface area (Å²) in [5.74, 6) is 0.582. The molecule has 2 fully saturated rings. The van der Waals surface area contributed by atoms with E-state index in [4.69, 9.17) is 5.10 Å². The Kier molecular flexibility index (Phi) is 5.75. The molecule has 0 aliphatic carbocycles. The van der Waals surface area contributed by atoms with E-state index in [1.165, 1.54) is 12.8 Å². The first-order valence-corrected chi connectivity index (χ1v) is 11.5. The van der Waals surface area contributed by atoms with Crippen molar-refractivity contribution in [3.8, 4) is 0 Å². The number of likely N-dealkylation sites (tertiary alicyclic amines) is 1. The molecule has 0 radical (unpaired) electrons. The van der Waals surface area contributed by atoms with Crippen molar-refractivity contribution in [2.75, 3.05) is 24.5 Å². The molecule has 4 rings (SSSR count). The fourth-order valence-electron chi connectivity index (χ4n) is 4.61. The Bertz CT molecular complexity index is 775. The average molecular weight is 405 g/mol. The molecule has 0 aromatic carbocycles. The SMILES string of the molecule is Cc1cn2nc(N3CCC([C@H]4CCCCCN4C(=O)NC(C)C)CC3)sc2n1. The van der Waals surface area contributed by atoms with E-state index >= 15 is 0 Å². The van der Waals surface area contributed by atoms with Crippen LogP contribution in [0.3, 0.4) is 0 Å². The average Bonchev–Trinajstić information content (AvgIpc) is 3.08. The standard InChI is InChI=1S/C20H32N6OS/c1-14(2)21-18(27)25-10-6-4-5-7-17(25)16-8-11-24(12-9-16)20-23-26-13-15(3)22-19(26)28-20/h13-14,16-17H,4-12H2,1-3H3,(H,21,27)/t17-/m1/s1. The number of aromatic nitrogens is 3. The van der Waals surface area contributed by atoms with Crippen LogP contribution in [0.5, 0.6) is 0 Å². The van der Waals surface area contributed by atoms with Crippen molar-refractivity contribution in [1.82, 2.24) is 24.8 Å². The Morgan fingerprint density at radius 1 is 1.18 bits per heavy atom. The van der Waals surface area contributed by atoms with Crippen molar-refractivity contribution in [2.24, 2.45) is 5.92 Å². The zero-order chi connectivity index (χ0) is 19.7. The van der Waals surface area contributed by atoms with Crippen molar-refractivity contribution < 1.29 is 4.79 Å². The van der Waals surface area contributed by atoms with Gasteiger partial charge in [0.1, 0.15) is 0 Å². The van der Waals surface area contributed by atoms with Crippen LogP contribution in [0.15, 0.2) is 6.20 Å². The van der Waals surface area contributed by atoms with Crippen LogP contribution >= 0.6 is 11.3 Å². The van der Waals surface area contributed by atoms with Gasteiger partial charge < -0.3 is 15.1 Å². The fraction of sp³-hybridized carbons (Fsp3) is 0.750. The number of carbonyl (C=O) groups is 1. The molecule has 2 saturated heterocycles. The van der Waals surface area contributed by atoms with Crippen molar-refractivity contribution in [1.29, 1.82) is 0 Å². The molecule has 2 aliphatic heterocycles. The summed E-state index contributed by atoms with van der Waals surface area (Å²) in [4.78, 5) is 22.8. The van der Waals surface area contributed by atoms with Gasteiger partial charge in [0, 0.05) is 31.7 Å². The van der Waals surface area contributed by atoms with Gasteiger partial charge in [0.05, 0.1) is 11.9 Å². The van der Waals surface area contributed by atoms with Crippen LogP contribution in [-0.4, -0.2) is 57.2 Å². The second-order valence-electron chi connectivity index (χ2n) is 8.53. The Morgan fingerprint density at radius 2 is 1.96 bits per heavy atom. The highest BCUT2D eigenvalue weighted by Crippen LogP contribution is 2.33. The molecule has 0 unspecified atom stereocenters. The molecule has 2 aromatic rings. The number of carbonyl (C=O) groups excluding carboxylic acids is 1. The summed E-state index contributed by atoms with van der Waals surface area (Å²) in [7, 11) is 0. The van der Waals surface area contributed by atoms with Gasteiger partial charge in [-0.15, -0.1) is 5.10 Å². The van der Waals surface area contributed by atoms with Gasteiger partial charge in [-0.3, -0.25) is 0 Å². The van der Waals surface area contributed by atoms with Crippen LogP contribution in [0.1, 0.15) is 58.1 Å². The van der Waals surface area contributed by atoms with Gasteiger partial charge in [0.2, 0.25) is 10.1 Å². The van der Waals surface area contributed by atoms with Crippen LogP contribution < -0.4 is 10.2 Å². The van der Waals surface area contributed by atoms with Crippen molar-refractivity contribution in [2.45, 2.75) is 71.4 Å². The monoisotopic (exact) mass is 404 g/mol. The van der Waals surface area contributed by atoms with E-state index in [9.17, 15) is 4.79 Å². The normalized spacial score (nSPS) is 22.1. The molecular formula is C20H32N6OS. The summed E-state index contributed by atoms with van der Waals surface area (Å²) in [5, 5.41) is 8.89. The summed E-state index contributed by atoms with van der Waals surface area (Å²) in [6.07, 6.45) is 8.96. The van der Waals surface area contributed by atoms with E-state index in [0.29, 0.717) is 12.0 Å². The molecule has 8 heteroatoms. The Morgan fingerprint density at radius 3 is 2.68 bits per heavy atom. The van der Waals surface area contributed by atoms with E-state index in [-0.39, 0.29) is 12.1 Å². The molecule has 154 valence electrons. The van der Waals surface area contributed by atoms with Crippen LogP contribution in [0.25, 0.3) is 4.96 Å². The number of rotatable bonds is 3. The first-order valence-electron chi connectivity index (χ1n) is 10.7. The van der Waals surface area contributed by atoms with E-state index < -0.39 is 0 Å². The summed E-state index contributed by atoms with van der Waals surface area (Å²) in [6.45, 7) is 8.99. The van der Waals surface area contributed by atoms with E-state index in [2.05, 4.69) is 20.1 Å². The molecule has 0 spiro atoms. The number of hydrogen-bond acceptors (Lipinski definition) is 5. The number of anilines is 1. The highest BCUT2D eigenvalue weighted by Gasteiger charge is 2.34. The lowest BCUT2D eigenvalue weighted by molar-refractivity contribution is 0.135. The minimum absolute atomic E-state index is 0.126. The minimum Gasteiger partial charge on any atom is -0.347 e. The second kappa shape index (κ2) is 8.27. The number of piperidine rings is 1. The summed E-state index contributed by atoms with van der Waals surface area (Å²) in [5.41, 5.74) is 1.01. The maximum absolute atomic E-state index is 12.8. The predicted molar refractivity (Wildman–Crippen MR) is 113 cm³/mol. The third-order valence-electron chi connectivity index (χ3n) is 5.98. The zero-order valence-corrected chi connectivity index (χ0v) is 18.0. The van der Waals surface area contributed by atoms with Crippen LogP contribution in [0, 0.1) is 12.8 Å². The third-order valence-corrected chi connectivity index (χ3v) is 6.96. The van der Waals surface area contributed by atoms with E-state index in [0.717, 1.165) is 61.1 Å². The number of urea groups is 1. The molecule has 2 amide bonds. The minimum atomic E-state index is 0.126. The lowest BCUT2D eigenvalue weighted by atomic mass is 9.86. The lowest BCUT2D eigenvalue weighted by Gasteiger charge is -2.40. The second-order valence-corrected chi connectivity index (χ2v) is 9.47. The number of imidazole rings is 1. The van der Waals surface area contributed by atoms with Gasteiger partial charge in [-0.1, -0.05) is 24.2 Å². The van der Waals surface area contributed by atoms with Gasteiger partial charge in [-0.2, -0.15) is 0 Å². The van der Waals surface area contributed by atoms with Crippen molar-refractivity contribution in [3.63, 3.8) is 0 Å². The molecule has 4 heterocycles. The maximum Gasteiger partial charge on any atom is 0.317 e. The Labute approximate surface area is 171 Å². The highest BCUT2D eigenvalue weighted by molar-refractivity contribution is 7.20. The molecule has 2 aromatic heterocycles. The number of fused-ring (bicyclic) bond motifs is 1.